The van der Waals surface area contributed by atoms with E-state index in [0.29, 0.717) is 45.2 Å². The lowest BCUT2D eigenvalue weighted by atomic mass is 9.57. The predicted molar refractivity (Wildman–Crippen MR) is 276 cm³/mol. The molecular weight excluding hydrogens is 841 g/mol. The van der Waals surface area contributed by atoms with Crippen molar-refractivity contribution in [2.45, 2.75) is 131 Å². The van der Waals surface area contributed by atoms with Gasteiger partial charge in [0.05, 0.1) is 28.0 Å². The lowest BCUT2D eigenvalue weighted by molar-refractivity contribution is 0.00578. The van der Waals surface area contributed by atoms with Gasteiger partial charge in [-0.3, -0.25) is 9.59 Å². The van der Waals surface area contributed by atoms with Gasteiger partial charge < -0.3 is 18.8 Å². The molecule has 1 saturated heterocycles. The average molecular weight is 906 g/mol. The highest BCUT2D eigenvalue weighted by molar-refractivity contribution is 6.55. The van der Waals surface area contributed by atoms with Gasteiger partial charge >= 0.3 is 7.12 Å². The summed E-state index contributed by atoms with van der Waals surface area (Å²) in [5, 5.41) is 1.37. The normalized spacial score (nSPS) is 20.2. The molecule has 2 unspecified atom stereocenters. The van der Waals surface area contributed by atoms with Crippen LogP contribution in [0.25, 0.3) is 21.9 Å². The van der Waals surface area contributed by atoms with Gasteiger partial charge in [0.15, 0.2) is 0 Å². The number of hydrogen-bond acceptors (Lipinski definition) is 6. The van der Waals surface area contributed by atoms with Gasteiger partial charge in [-0.05, 0) is 126 Å². The minimum atomic E-state index is -0.566. The lowest BCUT2D eigenvalue weighted by Gasteiger charge is -2.42. The summed E-state index contributed by atoms with van der Waals surface area (Å²) in [4.78, 5) is 32.8. The molecule has 2 heterocycles. The first-order chi connectivity index (χ1) is 32.0. The van der Waals surface area contributed by atoms with Crippen molar-refractivity contribution in [1.82, 2.24) is 0 Å². The second-order valence-electron chi connectivity index (χ2n) is 23.0. The minimum absolute atomic E-state index is 0.0375. The molecule has 8 heteroatoms. The zero-order chi connectivity index (χ0) is 48.6. The number of benzene rings is 5. The van der Waals surface area contributed by atoms with E-state index in [4.69, 9.17) is 18.8 Å². The van der Waals surface area contributed by atoms with Crippen LogP contribution in [0.15, 0.2) is 115 Å². The van der Waals surface area contributed by atoms with Crippen LogP contribution in [0.5, 0.6) is 23.0 Å². The van der Waals surface area contributed by atoms with E-state index in [2.05, 4.69) is 152 Å². The molecule has 348 valence electrons. The van der Waals surface area contributed by atoms with E-state index >= 15 is 9.59 Å². The number of nitrogens with zero attached hydrogens (tertiary/aromatic N) is 1. The van der Waals surface area contributed by atoms with Crippen molar-refractivity contribution in [3.63, 3.8) is 0 Å². The molecule has 68 heavy (non-hydrogen) atoms. The van der Waals surface area contributed by atoms with Crippen molar-refractivity contribution >= 4 is 46.5 Å². The number of carbonyl (C=O) groups excluding carboxylic acids is 2. The van der Waals surface area contributed by atoms with Gasteiger partial charge in [0, 0.05) is 33.7 Å². The highest BCUT2D eigenvalue weighted by Gasteiger charge is 2.55. The molecule has 1 fully saturated rings. The number of hydrogen-bond donors (Lipinski definition) is 0. The van der Waals surface area contributed by atoms with Gasteiger partial charge in [-0.25, -0.2) is 4.90 Å². The highest BCUT2D eigenvalue weighted by Crippen LogP contribution is 2.61. The fourth-order valence-corrected chi connectivity index (χ4v) is 10.7. The van der Waals surface area contributed by atoms with Gasteiger partial charge in [0.25, 0.3) is 11.8 Å². The van der Waals surface area contributed by atoms with E-state index in [9.17, 15) is 0 Å². The fraction of sp³-hybridized carbons (Fsp3) is 0.367. The first-order valence-electron chi connectivity index (χ1n) is 24.4. The smallest absolute Gasteiger partial charge is 0.457 e. The second-order valence-corrected chi connectivity index (χ2v) is 23.0. The number of amides is 2. The average Bonchev–Trinajstić information content (AvgIpc) is 3.49. The Kier molecular flexibility index (Phi) is 10.6. The van der Waals surface area contributed by atoms with Crippen LogP contribution in [0.3, 0.4) is 0 Å². The maximum absolute atomic E-state index is 15.7. The quantitative estimate of drug-likeness (QED) is 0.114. The SMILES string of the molecule is CC(C)c1cccc(C(C)C)c1N1C(=O)c2cc(Oc3ccc(C(C)(C)C)cc3)c3c4c(c(Oc5ccc(C(C)(C)C)cc5)cc(c24)C1=O)C1=CC=C(B2OC(C)(C)C(C)(C)O2)C2C=CC=C3C12. The Morgan fingerprint density at radius 3 is 1.51 bits per heavy atom. The number of rotatable bonds is 8. The molecule has 10 rings (SSSR count). The lowest BCUT2D eigenvalue weighted by Crippen LogP contribution is -2.42. The monoisotopic (exact) mass is 905 g/mol. The Bertz CT molecular complexity index is 3010. The van der Waals surface area contributed by atoms with E-state index in [-0.39, 0.29) is 46.3 Å². The third-order valence-corrected chi connectivity index (χ3v) is 15.2. The van der Waals surface area contributed by atoms with Crippen LogP contribution in [0.4, 0.5) is 5.69 Å². The van der Waals surface area contributed by atoms with Crippen molar-refractivity contribution < 1.29 is 28.4 Å². The first-order valence-corrected chi connectivity index (χ1v) is 24.4. The summed E-state index contributed by atoms with van der Waals surface area (Å²) in [5.74, 6) is 1.33. The van der Waals surface area contributed by atoms with Crippen LogP contribution in [0.2, 0.25) is 0 Å². The number of fused-ring (bicyclic) bond motifs is 2. The summed E-state index contributed by atoms with van der Waals surface area (Å²) in [6, 6.07) is 26.3. The predicted octanol–water partition coefficient (Wildman–Crippen LogP) is 15.2. The molecule has 0 bridgehead atoms. The Morgan fingerprint density at radius 1 is 0.618 bits per heavy atom. The van der Waals surface area contributed by atoms with Crippen LogP contribution in [-0.2, 0) is 20.1 Å². The largest absolute Gasteiger partial charge is 0.491 e. The molecule has 0 aromatic heterocycles. The number of imide groups is 1. The number of ether oxygens (including phenoxy) is 2. The number of allylic oxidation sites excluding steroid dienone is 8. The van der Waals surface area contributed by atoms with Crippen LogP contribution in [-0.4, -0.2) is 30.1 Å². The van der Waals surface area contributed by atoms with E-state index in [0.717, 1.165) is 44.3 Å². The van der Waals surface area contributed by atoms with Crippen LogP contribution < -0.4 is 14.4 Å². The molecule has 2 aliphatic heterocycles. The van der Waals surface area contributed by atoms with Gasteiger partial charge in [-0.15, -0.1) is 0 Å². The molecule has 0 N–H and O–H groups in total. The fourth-order valence-electron chi connectivity index (χ4n) is 10.7. The first kappa shape index (κ1) is 45.8. The van der Waals surface area contributed by atoms with Gasteiger partial charge in [0.2, 0.25) is 0 Å². The van der Waals surface area contributed by atoms with E-state index < -0.39 is 18.3 Å². The Balaban J connectivity index is 1.28. The van der Waals surface area contributed by atoms with E-state index in [1.807, 2.05) is 54.6 Å². The molecule has 0 radical (unpaired) electrons. The molecular formula is C60H64BNO6. The van der Waals surface area contributed by atoms with E-state index in [1.165, 1.54) is 16.0 Å². The summed E-state index contributed by atoms with van der Waals surface area (Å²) in [6.45, 7) is 29.9. The van der Waals surface area contributed by atoms with Gasteiger partial charge in [0.1, 0.15) is 23.0 Å². The van der Waals surface area contributed by atoms with Crippen molar-refractivity contribution in [3.8, 4) is 23.0 Å². The molecule has 7 nitrogen and oxygen atoms in total. The summed E-state index contributed by atoms with van der Waals surface area (Å²) < 4.78 is 27.7. The molecule has 0 spiro atoms. The number of para-hydroxylation sites is 1. The summed E-state index contributed by atoms with van der Waals surface area (Å²) in [6.07, 6.45) is 10.9. The van der Waals surface area contributed by atoms with Crippen molar-refractivity contribution in [2.24, 2.45) is 11.8 Å². The van der Waals surface area contributed by atoms with Crippen LogP contribution in [0.1, 0.15) is 163 Å². The zero-order valence-electron chi connectivity index (χ0n) is 42.2. The zero-order valence-corrected chi connectivity index (χ0v) is 42.2. The Hall–Kier alpha value is -5.96. The van der Waals surface area contributed by atoms with Gasteiger partial charge in [-0.2, -0.15) is 0 Å². The maximum Gasteiger partial charge on any atom is 0.491 e. The number of carbonyl (C=O) groups is 2. The van der Waals surface area contributed by atoms with Crippen molar-refractivity contribution in [2.75, 3.05) is 4.90 Å². The van der Waals surface area contributed by atoms with E-state index in [1.54, 1.807) is 0 Å². The standard InChI is InChI=1S/C60H64BNO6/c1-33(2)39-17-15-18-40(34(3)4)54(39)62-55(63)44-31-47(65-37-25-21-35(22-26-37)57(5,6)7)51-42-20-16-19-41-46(61-67-59(11,12)60(13,14)68-61)30-29-43(49(41)42)52-48(32-45(56(62)64)50(44)53(51)52)66-38-27-23-36(24-28-38)58(8,9)10/h15-34,41,49H,1-14H3. The molecule has 5 aromatic rings. The summed E-state index contributed by atoms with van der Waals surface area (Å²) in [5.41, 5.74) is 9.25. The topological polar surface area (TPSA) is 74.3 Å². The molecule has 3 aliphatic carbocycles. The maximum atomic E-state index is 15.7. The summed E-state index contributed by atoms with van der Waals surface area (Å²) >= 11 is 0. The molecule has 2 atom stereocenters. The third-order valence-electron chi connectivity index (χ3n) is 15.2. The second kappa shape index (κ2) is 15.8. The molecule has 5 aliphatic rings. The number of anilines is 1. The Morgan fingerprint density at radius 2 is 1.07 bits per heavy atom. The summed E-state index contributed by atoms with van der Waals surface area (Å²) in [7, 11) is -0.566. The van der Waals surface area contributed by atoms with Crippen LogP contribution >= 0.6 is 0 Å². The van der Waals surface area contributed by atoms with Crippen LogP contribution in [0, 0.1) is 11.8 Å². The minimum Gasteiger partial charge on any atom is -0.457 e. The third kappa shape index (κ3) is 7.24. The van der Waals surface area contributed by atoms with Crippen molar-refractivity contribution in [1.29, 1.82) is 0 Å². The van der Waals surface area contributed by atoms with Gasteiger partial charge in [-0.1, -0.05) is 142 Å². The molecule has 5 aromatic carbocycles. The van der Waals surface area contributed by atoms with Crippen molar-refractivity contribution in [3.05, 3.63) is 159 Å². The Labute approximate surface area is 403 Å². The highest BCUT2D eigenvalue weighted by atomic mass is 16.7. The molecule has 0 saturated carbocycles. The molecule has 2 amide bonds.